The van der Waals surface area contributed by atoms with Crippen molar-refractivity contribution in [2.24, 2.45) is 0 Å². The minimum absolute atomic E-state index is 0.137. The first-order chi connectivity index (χ1) is 13.6. The highest BCUT2D eigenvalue weighted by Gasteiger charge is 2.40. The Morgan fingerprint density at radius 2 is 1.79 bits per heavy atom. The molecule has 0 fully saturated rings. The third kappa shape index (κ3) is 4.51. The molecule has 146 valence electrons. The topological polar surface area (TPSA) is 64.4 Å². The van der Waals surface area contributed by atoms with E-state index in [1.54, 1.807) is 18.4 Å². The molecular formula is C22H24N2O3S. The maximum atomic E-state index is 12.3. The highest BCUT2D eigenvalue weighted by Crippen LogP contribution is 2.37. The quantitative estimate of drug-likeness (QED) is 0.369. The van der Waals surface area contributed by atoms with Gasteiger partial charge in [0.1, 0.15) is 11.8 Å². The molecule has 2 aromatic carbocycles. The molecule has 0 radical (unpaired) electrons. The molecular weight excluding hydrogens is 372 g/mol. The minimum atomic E-state index is -0.798. The zero-order chi connectivity index (χ0) is 19.9. The molecule has 0 saturated heterocycles. The number of nitrogens with zero attached hydrogens (tertiary/aromatic N) is 1. The van der Waals surface area contributed by atoms with Gasteiger partial charge in [-0.3, -0.25) is 10.1 Å². The van der Waals surface area contributed by atoms with Crippen LogP contribution in [0, 0.1) is 10.1 Å². The molecule has 5 nitrogen and oxygen atoms in total. The summed E-state index contributed by atoms with van der Waals surface area (Å²) in [7, 11) is 1.62. The Balaban J connectivity index is 2.00. The molecule has 1 N–H and O–H groups in total. The smallest absolute Gasteiger partial charge is 0.244 e. The van der Waals surface area contributed by atoms with E-state index < -0.39 is 12.1 Å². The van der Waals surface area contributed by atoms with Crippen LogP contribution < -0.4 is 10.1 Å². The summed E-state index contributed by atoms with van der Waals surface area (Å²) in [6, 6.07) is 19.8. The van der Waals surface area contributed by atoms with Gasteiger partial charge in [-0.15, -0.1) is 11.3 Å². The van der Waals surface area contributed by atoms with E-state index in [9.17, 15) is 10.1 Å². The van der Waals surface area contributed by atoms with Crippen LogP contribution in [-0.2, 0) is 0 Å². The maximum Gasteiger partial charge on any atom is 0.244 e. The fraction of sp³-hybridized carbons (Fsp3) is 0.273. The lowest BCUT2D eigenvalue weighted by Crippen LogP contribution is -2.37. The Labute approximate surface area is 169 Å². The molecule has 0 bridgehead atoms. The van der Waals surface area contributed by atoms with E-state index in [2.05, 4.69) is 5.32 Å². The number of thiophene rings is 1. The number of benzene rings is 2. The van der Waals surface area contributed by atoms with E-state index in [1.807, 2.05) is 79.0 Å². The SMILES string of the molecule is CC[C@@H](c1cccs1)[C@H]([C@H](Nc1ccc(OC)cc1)c1ccccc1)[N+](=O)[O-]. The largest absolute Gasteiger partial charge is 0.497 e. The number of anilines is 1. The third-order valence-electron chi connectivity index (χ3n) is 4.92. The van der Waals surface area contributed by atoms with E-state index in [1.165, 1.54) is 0 Å². The van der Waals surface area contributed by atoms with Crippen LogP contribution in [0.15, 0.2) is 72.1 Å². The van der Waals surface area contributed by atoms with Crippen LogP contribution in [0.25, 0.3) is 0 Å². The van der Waals surface area contributed by atoms with E-state index in [0.29, 0.717) is 6.42 Å². The standard InChI is InChI=1S/C22H24N2O3S/c1-3-19(20-10-7-15-28-20)22(24(25)26)21(16-8-5-4-6-9-16)23-17-11-13-18(27-2)14-12-17/h4-15,19,21-23H,3H2,1-2H3/t19-,21+,22+/m0/s1. The van der Waals surface area contributed by atoms with Crippen molar-refractivity contribution < 1.29 is 9.66 Å². The van der Waals surface area contributed by atoms with E-state index in [0.717, 1.165) is 21.9 Å². The number of rotatable bonds is 9. The predicted octanol–water partition coefficient (Wildman–Crippen LogP) is 5.75. The Morgan fingerprint density at radius 3 is 2.32 bits per heavy atom. The van der Waals surface area contributed by atoms with Crippen LogP contribution >= 0.6 is 11.3 Å². The van der Waals surface area contributed by atoms with Gasteiger partial charge < -0.3 is 10.1 Å². The van der Waals surface area contributed by atoms with Gasteiger partial charge >= 0.3 is 0 Å². The Hall–Kier alpha value is -2.86. The molecule has 1 heterocycles. The molecule has 0 aliphatic rings. The highest BCUT2D eigenvalue weighted by atomic mass is 32.1. The Morgan fingerprint density at radius 1 is 1.07 bits per heavy atom. The molecule has 3 aromatic rings. The normalized spacial score (nSPS) is 14.1. The zero-order valence-corrected chi connectivity index (χ0v) is 16.8. The first-order valence-electron chi connectivity index (χ1n) is 9.26. The lowest BCUT2D eigenvalue weighted by Gasteiger charge is -2.28. The van der Waals surface area contributed by atoms with Crippen LogP contribution in [0.1, 0.15) is 35.7 Å². The average Bonchev–Trinajstić information content (AvgIpc) is 3.26. The number of nitrogens with one attached hydrogen (secondary N) is 1. The van der Waals surface area contributed by atoms with Gasteiger partial charge in [0, 0.05) is 15.5 Å². The van der Waals surface area contributed by atoms with Crippen molar-refractivity contribution in [2.45, 2.75) is 31.3 Å². The molecule has 0 saturated carbocycles. The summed E-state index contributed by atoms with van der Waals surface area (Å²) in [6.45, 7) is 2.01. The molecule has 1 aromatic heterocycles. The maximum absolute atomic E-state index is 12.3. The number of ether oxygens (including phenoxy) is 1. The van der Waals surface area contributed by atoms with E-state index in [4.69, 9.17) is 4.74 Å². The number of nitro groups is 1. The summed E-state index contributed by atoms with van der Waals surface area (Å²) in [4.78, 5) is 13.2. The molecule has 0 aliphatic carbocycles. The van der Waals surface area contributed by atoms with Gasteiger partial charge in [-0.1, -0.05) is 43.3 Å². The fourth-order valence-corrected chi connectivity index (χ4v) is 4.46. The molecule has 0 unspecified atom stereocenters. The van der Waals surface area contributed by atoms with Crippen molar-refractivity contribution >= 4 is 17.0 Å². The monoisotopic (exact) mass is 396 g/mol. The van der Waals surface area contributed by atoms with Crippen molar-refractivity contribution in [1.82, 2.24) is 0 Å². The summed E-state index contributed by atoms with van der Waals surface area (Å²) in [5.74, 6) is 0.573. The predicted molar refractivity (Wildman–Crippen MR) is 114 cm³/mol. The summed E-state index contributed by atoms with van der Waals surface area (Å²) in [5.41, 5.74) is 1.72. The lowest BCUT2D eigenvalue weighted by atomic mass is 9.86. The van der Waals surface area contributed by atoms with Gasteiger partial charge in [0.05, 0.1) is 13.0 Å². The molecule has 0 aliphatic heterocycles. The van der Waals surface area contributed by atoms with Crippen molar-refractivity contribution in [3.8, 4) is 5.75 Å². The van der Waals surface area contributed by atoms with Crippen molar-refractivity contribution in [3.63, 3.8) is 0 Å². The van der Waals surface area contributed by atoms with Gasteiger partial charge in [-0.2, -0.15) is 0 Å². The van der Waals surface area contributed by atoms with Crippen molar-refractivity contribution in [2.75, 3.05) is 12.4 Å². The Kier molecular flexibility index (Phi) is 6.66. The molecule has 3 rings (SSSR count). The zero-order valence-electron chi connectivity index (χ0n) is 15.9. The molecule has 6 heteroatoms. The van der Waals surface area contributed by atoms with Crippen LogP contribution in [0.5, 0.6) is 5.75 Å². The second kappa shape index (κ2) is 9.37. The van der Waals surface area contributed by atoms with Crippen LogP contribution in [0.3, 0.4) is 0 Å². The minimum Gasteiger partial charge on any atom is -0.497 e. The van der Waals surface area contributed by atoms with Gasteiger partial charge in [0.2, 0.25) is 6.04 Å². The first kappa shape index (κ1) is 19.9. The van der Waals surface area contributed by atoms with Crippen molar-refractivity contribution in [3.05, 3.63) is 92.7 Å². The van der Waals surface area contributed by atoms with Gasteiger partial charge in [0.15, 0.2) is 0 Å². The average molecular weight is 397 g/mol. The van der Waals surface area contributed by atoms with Crippen LogP contribution in [-0.4, -0.2) is 18.1 Å². The Bertz CT molecular complexity index is 867. The summed E-state index contributed by atoms with van der Waals surface area (Å²) in [5, 5.41) is 17.6. The first-order valence-corrected chi connectivity index (χ1v) is 10.1. The summed E-state index contributed by atoms with van der Waals surface area (Å²) >= 11 is 1.58. The fourth-order valence-electron chi connectivity index (χ4n) is 3.51. The molecule has 28 heavy (non-hydrogen) atoms. The summed E-state index contributed by atoms with van der Waals surface area (Å²) < 4.78 is 5.21. The van der Waals surface area contributed by atoms with Crippen LogP contribution in [0.4, 0.5) is 5.69 Å². The number of hydrogen-bond acceptors (Lipinski definition) is 5. The van der Waals surface area contributed by atoms with Gasteiger partial charge in [-0.05, 0) is 47.7 Å². The van der Waals surface area contributed by atoms with Gasteiger partial charge in [0.25, 0.3) is 0 Å². The summed E-state index contributed by atoms with van der Waals surface area (Å²) in [6.07, 6.45) is 0.694. The van der Waals surface area contributed by atoms with E-state index >= 15 is 0 Å². The molecule has 3 atom stereocenters. The molecule has 0 amide bonds. The number of methoxy groups -OCH3 is 1. The van der Waals surface area contributed by atoms with Gasteiger partial charge in [-0.25, -0.2) is 0 Å². The lowest BCUT2D eigenvalue weighted by molar-refractivity contribution is -0.530. The second-order valence-electron chi connectivity index (χ2n) is 6.57. The molecule has 0 spiro atoms. The second-order valence-corrected chi connectivity index (χ2v) is 7.55. The third-order valence-corrected chi connectivity index (χ3v) is 5.92. The van der Waals surface area contributed by atoms with Crippen molar-refractivity contribution in [1.29, 1.82) is 0 Å². The highest BCUT2D eigenvalue weighted by molar-refractivity contribution is 7.10. The number of hydrogen-bond donors (Lipinski definition) is 1. The van der Waals surface area contributed by atoms with Crippen LogP contribution in [0.2, 0.25) is 0 Å². The van der Waals surface area contributed by atoms with E-state index in [-0.39, 0.29) is 10.8 Å².